The predicted octanol–water partition coefficient (Wildman–Crippen LogP) is 0.519. The van der Waals surface area contributed by atoms with E-state index in [0.717, 1.165) is 28.4 Å². The minimum absolute atomic E-state index is 0.106. The average Bonchev–Trinajstić information content (AvgIpc) is 2.98. The van der Waals surface area contributed by atoms with Gasteiger partial charge in [0.15, 0.2) is 0 Å². The summed E-state index contributed by atoms with van der Waals surface area (Å²) >= 11 is 0. The van der Waals surface area contributed by atoms with E-state index in [9.17, 15) is 18.3 Å². The van der Waals surface area contributed by atoms with Crippen LogP contribution in [0.4, 0.5) is 0 Å². The number of nitrogens with zero attached hydrogens (tertiary/aromatic N) is 1. The maximum atomic E-state index is 12.7. The number of H-pyrrole nitrogens is 1. The summed E-state index contributed by atoms with van der Waals surface area (Å²) in [6.45, 7) is 4.23. The van der Waals surface area contributed by atoms with E-state index in [2.05, 4.69) is 9.71 Å². The molecule has 0 radical (unpaired) electrons. The number of benzene rings is 1. The molecule has 1 aliphatic heterocycles. The fourth-order valence-corrected chi connectivity index (χ4v) is 3.90. The van der Waals surface area contributed by atoms with E-state index >= 15 is 0 Å². The lowest BCUT2D eigenvalue weighted by Crippen LogP contribution is -2.42. The Morgan fingerprint density at radius 3 is 2.71 bits per heavy atom. The van der Waals surface area contributed by atoms with Crippen LogP contribution >= 0.6 is 0 Å². The molecule has 2 atom stereocenters. The maximum absolute atomic E-state index is 12.7. The second-order valence-electron chi connectivity index (χ2n) is 6.41. The first kappa shape index (κ1) is 16.9. The Morgan fingerprint density at radius 1 is 1.33 bits per heavy atom. The van der Waals surface area contributed by atoms with Gasteiger partial charge in [0.05, 0.1) is 18.4 Å². The van der Waals surface area contributed by atoms with Crippen molar-refractivity contribution in [1.82, 2.24) is 14.6 Å². The highest BCUT2D eigenvalue weighted by Gasteiger charge is 2.36. The zero-order chi connectivity index (χ0) is 17.6. The number of aliphatic hydroxyl groups is 1. The van der Waals surface area contributed by atoms with Crippen LogP contribution in [0.15, 0.2) is 18.2 Å². The fourth-order valence-electron chi connectivity index (χ4n) is 3.12. The Balaban J connectivity index is 1.83. The largest absolute Gasteiger partial charge is 0.390 e. The van der Waals surface area contributed by atoms with Crippen molar-refractivity contribution in [2.45, 2.75) is 26.0 Å². The summed E-state index contributed by atoms with van der Waals surface area (Å²) in [5.74, 6) is -0.216. The molecule has 0 saturated carbocycles. The Labute approximate surface area is 140 Å². The number of β-amino-alcohol motifs (C(OH)–C–C–N with tert-alkyl or cyclic N) is 1. The smallest absolute Gasteiger partial charge is 0.254 e. The van der Waals surface area contributed by atoms with E-state index < -0.39 is 22.2 Å². The second-order valence-corrected chi connectivity index (χ2v) is 8.19. The number of fused-ring (bicyclic) bond motifs is 1. The summed E-state index contributed by atoms with van der Waals surface area (Å²) in [5, 5.41) is 11.0. The molecule has 1 amide bonds. The van der Waals surface area contributed by atoms with Crippen LogP contribution in [0.2, 0.25) is 0 Å². The topological polar surface area (TPSA) is 102 Å². The summed E-state index contributed by atoms with van der Waals surface area (Å²) in [6.07, 6.45) is 0.124. The first-order valence-electron chi connectivity index (χ1n) is 7.69. The molecular formula is C16H21N3O4S. The third kappa shape index (κ3) is 3.17. The van der Waals surface area contributed by atoms with Gasteiger partial charge in [-0.1, -0.05) is 0 Å². The SMILES string of the molecule is Cc1[nH]c2ccc(C(=O)N3C[C@@H](O)[C@H](NS(C)(=O)=O)C3)cc2c1C. The first-order valence-corrected chi connectivity index (χ1v) is 9.58. The molecule has 8 heteroatoms. The van der Waals surface area contributed by atoms with Crippen LogP contribution in [0.3, 0.4) is 0 Å². The number of aromatic amines is 1. The van der Waals surface area contributed by atoms with Gasteiger partial charge in [-0.15, -0.1) is 0 Å². The molecule has 0 unspecified atom stereocenters. The van der Waals surface area contributed by atoms with Crippen LogP contribution in [-0.2, 0) is 10.0 Å². The van der Waals surface area contributed by atoms with Gasteiger partial charge in [0.25, 0.3) is 5.91 Å². The van der Waals surface area contributed by atoms with E-state index in [1.54, 1.807) is 6.07 Å². The highest BCUT2D eigenvalue weighted by molar-refractivity contribution is 7.88. The number of nitrogens with one attached hydrogen (secondary N) is 2. The number of hydrogen-bond donors (Lipinski definition) is 3. The molecule has 0 aliphatic carbocycles. The van der Waals surface area contributed by atoms with Crippen molar-refractivity contribution in [2.75, 3.05) is 19.3 Å². The number of hydrogen-bond acceptors (Lipinski definition) is 4. The molecular weight excluding hydrogens is 330 g/mol. The second kappa shape index (κ2) is 5.87. The summed E-state index contributed by atoms with van der Waals surface area (Å²) in [4.78, 5) is 17.4. The number of carbonyl (C=O) groups excluding carboxylic acids is 1. The number of sulfonamides is 1. The number of amides is 1. The molecule has 130 valence electrons. The normalized spacial score (nSPS) is 21.6. The molecule has 3 rings (SSSR count). The zero-order valence-corrected chi connectivity index (χ0v) is 14.6. The molecule has 2 aromatic rings. The number of carbonyl (C=O) groups is 1. The highest BCUT2D eigenvalue weighted by Crippen LogP contribution is 2.24. The van der Waals surface area contributed by atoms with Crippen LogP contribution in [0, 0.1) is 13.8 Å². The van der Waals surface area contributed by atoms with Crippen molar-refractivity contribution < 1.29 is 18.3 Å². The Hall–Kier alpha value is -1.90. The molecule has 3 N–H and O–H groups in total. The minimum atomic E-state index is -3.44. The van der Waals surface area contributed by atoms with Gasteiger partial charge in [0.1, 0.15) is 0 Å². The third-order valence-electron chi connectivity index (χ3n) is 4.50. The summed E-state index contributed by atoms with van der Waals surface area (Å²) in [7, 11) is -3.44. The molecule has 2 heterocycles. The lowest BCUT2D eigenvalue weighted by Gasteiger charge is -2.16. The number of aryl methyl sites for hydroxylation is 2. The molecule has 1 aromatic carbocycles. The monoisotopic (exact) mass is 351 g/mol. The van der Waals surface area contributed by atoms with Gasteiger partial charge in [-0.3, -0.25) is 4.79 Å². The van der Waals surface area contributed by atoms with Gasteiger partial charge in [-0.05, 0) is 37.6 Å². The van der Waals surface area contributed by atoms with E-state index in [1.165, 1.54) is 4.90 Å². The van der Waals surface area contributed by atoms with Crippen molar-refractivity contribution in [3.05, 3.63) is 35.0 Å². The van der Waals surface area contributed by atoms with Gasteiger partial charge >= 0.3 is 0 Å². The average molecular weight is 351 g/mol. The van der Waals surface area contributed by atoms with Crippen LogP contribution in [-0.4, -0.2) is 60.8 Å². The molecule has 1 aromatic heterocycles. The first-order chi connectivity index (χ1) is 11.2. The van der Waals surface area contributed by atoms with Crippen molar-refractivity contribution >= 4 is 26.8 Å². The molecule has 1 aliphatic rings. The van der Waals surface area contributed by atoms with Crippen molar-refractivity contribution in [3.63, 3.8) is 0 Å². The van der Waals surface area contributed by atoms with Gasteiger partial charge < -0.3 is 15.0 Å². The molecule has 1 fully saturated rings. The van der Waals surface area contributed by atoms with Crippen LogP contribution in [0.5, 0.6) is 0 Å². The Bertz CT molecular complexity index is 903. The molecule has 1 saturated heterocycles. The minimum Gasteiger partial charge on any atom is -0.390 e. The van der Waals surface area contributed by atoms with Gasteiger partial charge in [0.2, 0.25) is 10.0 Å². The van der Waals surface area contributed by atoms with Gasteiger partial charge in [0, 0.05) is 35.2 Å². The number of rotatable bonds is 3. The highest BCUT2D eigenvalue weighted by atomic mass is 32.2. The van der Waals surface area contributed by atoms with E-state index in [1.807, 2.05) is 26.0 Å². The number of aliphatic hydroxyl groups excluding tert-OH is 1. The molecule has 7 nitrogen and oxygen atoms in total. The van der Waals surface area contributed by atoms with Gasteiger partial charge in [-0.25, -0.2) is 13.1 Å². The van der Waals surface area contributed by atoms with E-state index in [4.69, 9.17) is 0 Å². The molecule has 0 spiro atoms. The lowest BCUT2D eigenvalue weighted by atomic mass is 10.1. The number of likely N-dealkylation sites (tertiary alicyclic amines) is 1. The van der Waals surface area contributed by atoms with Gasteiger partial charge in [-0.2, -0.15) is 0 Å². The Morgan fingerprint density at radius 2 is 2.04 bits per heavy atom. The predicted molar refractivity (Wildman–Crippen MR) is 91.5 cm³/mol. The van der Waals surface area contributed by atoms with Crippen LogP contribution in [0.25, 0.3) is 10.9 Å². The lowest BCUT2D eigenvalue weighted by molar-refractivity contribution is 0.0765. The molecule has 0 bridgehead atoms. The standard InChI is InChI=1S/C16H21N3O4S/c1-9-10(2)17-13-5-4-11(6-12(9)13)16(21)19-7-14(15(20)8-19)18-24(3,22)23/h4-6,14-15,17-18,20H,7-8H2,1-3H3/t14-,15-/m1/s1. The fraction of sp³-hybridized carbons (Fsp3) is 0.438. The van der Waals surface area contributed by atoms with E-state index in [-0.39, 0.29) is 19.0 Å². The van der Waals surface area contributed by atoms with Crippen LogP contribution < -0.4 is 4.72 Å². The zero-order valence-electron chi connectivity index (χ0n) is 13.8. The summed E-state index contributed by atoms with van der Waals surface area (Å²) in [6, 6.07) is 4.76. The maximum Gasteiger partial charge on any atom is 0.254 e. The Kier molecular flexibility index (Phi) is 4.15. The van der Waals surface area contributed by atoms with E-state index in [0.29, 0.717) is 5.56 Å². The van der Waals surface area contributed by atoms with Crippen molar-refractivity contribution in [3.8, 4) is 0 Å². The van der Waals surface area contributed by atoms with Crippen LogP contribution in [0.1, 0.15) is 21.6 Å². The van der Waals surface area contributed by atoms with Crippen molar-refractivity contribution in [2.24, 2.45) is 0 Å². The summed E-state index contributed by atoms with van der Waals surface area (Å²) in [5.41, 5.74) is 3.65. The molecule has 24 heavy (non-hydrogen) atoms. The number of aromatic nitrogens is 1. The summed E-state index contributed by atoms with van der Waals surface area (Å²) < 4.78 is 25.0. The van der Waals surface area contributed by atoms with Crippen molar-refractivity contribution in [1.29, 1.82) is 0 Å². The third-order valence-corrected chi connectivity index (χ3v) is 5.23. The quantitative estimate of drug-likeness (QED) is 0.750.